The Morgan fingerprint density at radius 3 is 2.48 bits per heavy atom. The third kappa shape index (κ3) is 4.51. The fraction of sp³-hybridized carbons (Fsp3) is 0.579. The van der Waals surface area contributed by atoms with E-state index in [-0.39, 0.29) is 18.4 Å². The zero-order valence-corrected chi connectivity index (χ0v) is 15.6. The topological polar surface area (TPSA) is 64.1 Å². The van der Waals surface area contributed by atoms with Gasteiger partial charge in [-0.3, -0.25) is 9.59 Å². The minimum Gasteiger partial charge on any atom is -0.395 e. The van der Waals surface area contributed by atoms with E-state index < -0.39 is 6.04 Å². The van der Waals surface area contributed by atoms with E-state index >= 15 is 0 Å². The van der Waals surface area contributed by atoms with Crippen LogP contribution in [0.15, 0.2) is 24.3 Å². The summed E-state index contributed by atoms with van der Waals surface area (Å²) in [6.45, 7) is 8.48. The minimum absolute atomic E-state index is 0.0209. The van der Waals surface area contributed by atoms with Crippen LogP contribution in [0.1, 0.15) is 31.1 Å². The number of piperazine rings is 1. The number of rotatable bonds is 6. The smallest absolute Gasteiger partial charge is 0.254 e. The second-order valence-electron chi connectivity index (χ2n) is 7.04. The Morgan fingerprint density at radius 2 is 1.92 bits per heavy atom. The highest BCUT2D eigenvalue weighted by Gasteiger charge is 2.34. The fourth-order valence-electron chi connectivity index (χ4n) is 3.13. The Kier molecular flexibility index (Phi) is 6.42. The molecule has 1 saturated heterocycles. The van der Waals surface area contributed by atoms with E-state index in [0.29, 0.717) is 31.1 Å². The van der Waals surface area contributed by atoms with Gasteiger partial charge < -0.3 is 19.8 Å². The number of aliphatic hydroxyl groups excluding tert-OH is 1. The van der Waals surface area contributed by atoms with Gasteiger partial charge in [0.15, 0.2) is 0 Å². The van der Waals surface area contributed by atoms with Crippen molar-refractivity contribution < 1.29 is 14.7 Å². The maximum absolute atomic E-state index is 12.8. The van der Waals surface area contributed by atoms with Crippen LogP contribution in [0.3, 0.4) is 0 Å². The molecule has 1 aliphatic rings. The minimum atomic E-state index is -0.434. The molecule has 1 aliphatic heterocycles. The third-order valence-corrected chi connectivity index (χ3v) is 4.58. The maximum atomic E-state index is 12.8. The second kappa shape index (κ2) is 8.34. The maximum Gasteiger partial charge on any atom is 0.254 e. The zero-order valence-electron chi connectivity index (χ0n) is 15.6. The Hall–Kier alpha value is -2.08. The van der Waals surface area contributed by atoms with Gasteiger partial charge in [-0.05, 0) is 37.1 Å². The number of hydrogen-bond donors (Lipinski definition) is 1. The van der Waals surface area contributed by atoms with Crippen LogP contribution >= 0.6 is 0 Å². The first-order valence-electron chi connectivity index (χ1n) is 8.87. The highest BCUT2D eigenvalue weighted by molar-refractivity contribution is 5.98. The number of likely N-dealkylation sites (N-methyl/N-ethyl adjacent to an activating group) is 1. The number of carbonyl (C=O) groups is 2. The second-order valence-corrected chi connectivity index (χ2v) is 7.04. The largest absolute Gasteiger partial charge is 0.395 e. The monoisotopic (exact) mass is 347 g/mol. The highest BCUT2D eigenvalue weighted by atomic mass is 16.3. The van der Waals surface area contributed by atoms with Crippen LogP contribution in [-0.4, -0.2) is 72.6 Å². The van der Waals surface area contributed by atoms with Crippen LogP contribution in [0.4, 0.5) is 5.69 Å². The standard InChI is InChI=1S/C19H29N3O3/c1-14(2)13-21-9-10-22(15(3)18(21)24)19(25)16-5-7-17(8-6-16)20(4)11-12-23/h5-8,14-15,23H,9-13H2,1-4H3/t15-/m0/s1. The fourth-order valence-corrected chi connectivity index (χ4v) is 3.13. The first kappa shape index (κ1) is 19.2. The summed E-state index contributed by atoms with van der Waals surface area (Å²) >= 11 is 0. The molecule has 0 radical (unpaired) electrons. The average molecular weight is 347 g/mol. The van der Waals surface area contributed by atoms with Gasteiger partial charge in [-0.25, -0.2) is 0 Å². The van der Waals surface area contributed by atoms with Crippen molar-refractivity contribution in [3.05, 3.63) is 29.8 Å². The molecule has 1 aromatic rings. The Balaban J connectivity index is 2.06. The molecule has 1 N–H and O–H groups in total. The van der Waals surface area contributed by atoms with Crippen LogP contribution in [-0.2, 0) is 4.79 Å². The zero-order chi connectivity index (χ0) is 18.6. The molecule has 0 unspecified atom stereocenters. The molecule has 1 aromatic carbocycles. The SMILES string of the molecule is CC(C)CN1CCN(C(=O)c2ccc(N(C)CCO)cc2)[C@@H](C)C1=O. The van der Waals surface area contributed by atoms with Crippen molar-refractivity contribution in [1.29, 1.82) is 0 Å². The predicted octanol–water partition coefficient (Wildman–Crippen LogP) is 1.44. The van der Waals surface area contributed by atoms with Crippen molar-refractivity contribution in [3.8, 4) is 0 Å². The molecule has 1 heterocycles. The predicted molar refractivity (Wildman–Crippen MR) is 98.7 cm³/mol. The van der Waals surface area contributed by atoms with Gasteiger partial charge >= 0.3 is 0 Å². The molecule has 138 valence electrons. The van der Waals surface area contributed by atoms with Gasteiger partial charge in [-0.1, -0.05) is 13.8 Å². The van der Waals surface area contributed by atoms with Gasteiger partial charge in [-0.2, -0.15) is 0 Å². The van der Waals surface area contributed by atoms with Crippen molar-refractivity contribution in [2.24, 2.45) is 5.92 Å². The lowest BCUT2D eigenvalue weighted by Gasteiger charge is -2.39. The molecule has 0 spiro atoms. The Labute approximate surface area is 150 Å². The summed E-state index contributed by atoms with van der Waals surface area (Å²) < 4.78 is 0. The third-order valence-electron chi connectivity index (χ3n) is 4.58. The molecular weight excluding hydrogens is 318 g/mol. The number of anilines is 1. The summed E-state index contributed by atoms with van der Waals surface area (Å²) in [7, 11) is 1.89. The van der Waals surface area contributed by atoms with Gasteiger partial charge in [0.05, 0.1) is 6.61 Å². The van der Waals surface area contributed by atoms with Crippen LogP contribution < -0.4 is 4.90 Å². The van der Waals surface area contributed by atoms with Gasteiger partial charge in [0.1, 0.15) is 6.04 Å². The van der Waals surface area contributed by atoms with Crippen LogP contribution in [0.25, 0.3) is 0 Å². The summed E-state index contributed by atoms with van der Waals surface area (Å²) in [5.41, 5.74) is 1.52. The molecule has 2 amide bonds. The molecule has 6 heteroatoms. The summed E-state index contributed by atoms with van der Waals surface area (Å²) in [6.07, 6.45) is 0. The number of nitrogens with zero attached hydrogens (tertiary/aromatic N) is 3. The van der Waals surface area contributed by atoms with E-state index in [0.717, 1.165) is 12.2 Å². The highest BCUT2D eigenvalue weighted by Crippen LogP contribution is 2.19. The molecular formula is C19H29N3O3. The van der Waals surface area contributed by atoms with Crippen molar-refractivity contribution in [1.82, 2.24) is 9.80 Å². The van der Waals surface area contributed by atoms with E-state index in [9.17, 15) is 9.59 Å². The molecule has 0 aliphatic carbocycles. The lowest BCUT2D eigenvalue weighted by atomic mass is 10.1. The number of benzene rings is 1. The number of aliphatic hydroxyl groups is 1. The van der Waals surface area contributed by atoms with E-state index in [4.69, 9.17) is 5.11 Å². The van der Waals surface area contributed by atoms with Gasteiger partial charge in [-0.15, -0.1) is 0 Å². The summed E-state index contributed by atoms with van der Waals surface area (Å²) in [6, 6.07) is 6.86. The molecule has 0 aromatic heterocycles. The lowest BCUT2D eigenvalue weighted by molar-refractivity contribution is -0.140. The van der Waals surface area contributed by atoms with E-state index in [1.54, 1.807) is 24.0 Å². The molecule has 1 fully saturated rings. The quantitative estimate of drug-likeness (QED) is 0.846. The van der Waals surface area contributed by atoms with Gasteiger partial charge in [0.25, 0.3) is 5.91 Å². The van der Waals surface area contributed by atoms with Crippen LogP contribution in [0, 0.1) is 5.92 Å². The molecule has 0 bridgehead atoms. The van der Waals surface area contributed by atoms with E-state index in [1.807, 2.05) is 29.0 Å². The van der Waals surface area contributed by atoms with Crippen molar-refractivity contribution in [2.75, 3.05) is 44.7 Å². The van der Waals surface area contributed by atoms with E-state index in [1.165, 1.54) is 0 Å². The number of amides is 2. The first-order valence-corrected chi connectivity index (χ1v) is 8.87. The number of carbonyl (C=O) groups excluding carboxylic acids is 2. The van der Waals surface area contributed by atoms with E-state index in [2.05, 4.69) is 13.8 Å². The molecule has 6 nitrogen and oxygen atoms in total. The van der Waals surface area contributed by atoms with Gasteiger partial charge in [0.2, 0.25) is 5.91 Å². The molecule has 0 saturated carbocycles. The van der Waals surface area contributed by atoms with Crippen LogP contribution in [0.5, 0.6) is 0 Å². The van der Waals surface area contributed by atoms with Crippen molar-refractivity contribution in [3.63, 3.8) is 0 Å². The summed E-state index contributed by atoms with van der Waals surface area (Å²) in [5.74, 6) is 0.330. The lowest BCUT2D eigenvalue weighted by Crippen LogP contribution is -2.58. The molecule has 25 heavy (non-hydrogen) atoms. The van der Waals surface area contributed by atoms with Crippen molar-refractivity contribution in [2.45, 2.75) is 26.8 Å². The first-order chi connectivity index (χ1) is 11.8. The molecule has 2 rings (SSSR count). The van der Waals surface area contributed by atoms with Gasteiger partial charge in [0, 0.05) is 44.5 Å². The normalized spacial score (nSPS) is 18.0. The van der Waals surface area contributed by atoms with Crippen LogP contribution in [0.2, 0.25) is 0 Å². The molecule has 1 atom stereocenters. The summed E-state index contributed by atoms with van der Waals surface area (Å²) in [5, 5.41) is 9.00. The Morgan fingerprint density at radius 1 is 1.28 bits per heavy atom. The Bertz CT molecular complexity index is 600. The summed E-state index contributed by atoms with van der Waals surface area (Å²) in [4.78, 5) is 30.8. The van der Waals surface area contributed by atoms with Crippen molar-refractivity contribution >= 4 is 17.5 Å². The number of hydrogen-bond acceptors (Lipinski definition) is 4. The average Bonchev–Trinajstić information content (AvgIpc) is 2.58.